The van der Waals surface area contributed by atoms with Crippen molar-refractivity contribution in [2.75, 3.05) is 28.8 Å². The monoisotopic (exact) mass is 430 g/mol. The Morgan fingerprint density at radius 1 is 1.27 bits per heavy atom. The van der Waals surface area contributed by atoms with E-state index in [1.54, 1.807) is 36.4 Å². The molecule has 2 aromatic carbocycles. The summed E-state index contributed by atoms with van der Waals surface area (Å²) in [4.78, 5) is 37.2. The van der Waals surface area contributed by atoms with Crippen LogP contribution in [0, 0.1) is 6.92 Å². The zero-order valence-corrected chi connectivity index (χ0v) is 17.3. The summed E-state index contributed by atoms with van der Waals surface area (Å²) in [6.07, 6.45) is 0.0534. The molecule has 1 heterocycles. The van der Waals surface area contributed by atoms with Crippen LogP contribution < -0.4 is 21.3 Å². The molecule has 5 N–H and O–H groups in total. The number of nitrogens with one attached hydrogen (secondary N) is 2. The summed E-state index contributed by atoms with van der Waals surface area (Å²) in [5, 5.41) is 14.6. The van der Waals surface area contributed by atoms with E-state index < -0.39 is 18.2 Å². The van der Waals surface area contributed by atoms with Crippen LogP contribution in [-0.2, 0) is 16.1 Å². The van der Waals surface area contributed by atoms with Crippen LogP contribution in [0.4, 0.5) is 26.7 Å². The second kappa shape index (κ2) is 8.95. The summed E-state index contributed by atoms with van der Waals surface area (Å²) in [7, 11) is 0. The lowest BCUT2D eigenvalue weighted by molar-refractivity contribution is -0.144. The van der Waals surface area contributed by atoms with Gasteiger partial charge in [0.05, 0.1) is 6.54 Å². The molecular weight excluding hydrogens is 408 g/mol. The Labute approximate surface area is 177 Å². The fourth-order valence-corrected chi connectivity index (χ4v) is 3.78. The van der Waals surface area contributed by atoms with Crippen LogP contribution in [0.15, 0.2) is 41.3 Å². The number of benzene rings is 2. The molecule has 9 nitrogen and oxygen atoms in total. The maximum Gasteiger partial charge on any atom is 0.415 e. The molecule has 3 amide bonds. The average molecular weight is 430 g/mol. The quantitative estimate of drug-likeness (QED) is 0.409. The van der Waals surface area contributed by atoms with Gasteiger partial charge >= 0.3 is 18.1 Å². The van der Waals surface area contributed by atoms with Crippen molar-refractivity contribution in [2.45, 2.75) is 24.5 Å². The Hall–Kier alpha value is -3.40. The van der Waals surface area contributed by atoms with E-state index in [2.05, 4.69) is 10.6 Å². The molecule has 3 rings (SSSR count). The summed E-state index contributed by atoms with van der Waals surface area (Å²) in [5.41, 5.74) is 9.54. The zero-order valence-electron chi connectivity index (χ0n) is 16.5. The first-order chi connectivity index (χ1) is 14.3. The van der Waals surface area contributed by atoms with Gasteiger partial charge in [-0.05, 0) is 48.6 Å². The van der Waals surface area contributed by atoms with Crippen LogP contribution in [0.1, 0.15) is 11.1 Å². The topological polar surface area (TPSA) is 134 Å². The van der Waals surface area contributed by atoms with Gasteiger partial charge in [0.1, 0.15) is 0 Å². The van der Waals surface area contributed by atoms with E-state index in [9.17, 15) is 14.4 Å². The number of carbonyl (C=O) groups excluding carboxylic acids is 2. The molecule has 0 saturated carbocycles. The highest BCUT2D eigenvalue weighted by atomic mass is 32.2. The normalized spacial score (nSPS) is 15.6. The van der Waals surface area contributed by atoms with Gasteiger partial charge in [-0.3, -0.25) is 4.90 Å². The molecule has 1 unspecified atom stereocenters. The SMILES string of the molecule is CSc1c(N)ccc(NC(=O)NCc2ccc(N3CC(C(=O)O)OC3=O)cc2)c1C. The van der Waals surface area contributed by atoms with Gasteiger partial charge in [-0.1, -0.05) is 12.1 Å². The summed E-state index contributed by atoms with van der Waals surface area (Å²) in [6, 6.07) is 10.0. The van der Waals surface area contributed by atoms with Crippen molar-refractivity contribution in [3.8, 4) is 0 Å². The van der Waals surface area contributed by atoms with E-state index in [4.69, 9.17) is 15.6 Å². The number of rotatable bonds is 6. The molecule has 1 saturated heterocycles. The summed E-state index contributed by atoms with van der Waals surface area (Å²) >= 11 is 1.52. The van der Waals surface area contributed by atoms with Crippen LogP contribution in [0.5, 0.6) is 0 Å². The third kappa shape index (κ3) is 4.60. The maximum atomic E-state index is 12.3. The highest BCUT2D eigenvalue weighted by molar-refractivity contribution is 7.98. The lowest BCUT2D eigenvalue weighted by Crippen LogP contribution is -2.29. The van der Waals surface area contributed by atoms with Crippen molar-refractivity contribution in [2.24, 2.45) is 0 Å². The number of carbonyl (C=O) groups is 3. The van der Waals surface area contributed by atoms with Crippen LogP contribution in [0.3, 0.4) is 0 Å². The predicted molar refractivity (Wildman–Crippen MR) is 115 cm³/mol. The van der Waals surface area contributed by atoms with Gasteiger partial charge in [-0.25, -0.2) is 14.4 Å². The van der Waals surface area contributed by atoms with E-state index in [-0.39, 0.29) is 19.1 Å². The largest absolute Gasteiger partial charge is 0.478 e. The van der Waals surface area contributed by atoms with Crippen LogP contribution in [0.2, 0.25) is 0 Å². The van der Waals surface area contributed by atoms with Gasteiger partial charge in [-0.15, -0.1) is 11.8 Å². The molecule has 1 fully saturated rings. The van der Waals surface area contributed by atoms with E-state index in [1.165, 1.54) is 16.7 Å². The fourth-order valence-electron chi connectivity index (χ4n) is 3.06. The molecule has 0 spiro atoms. The number of ether oxygens (including phenoxy) is 1. The first-order valence-electron chi connectivity index (χ1n) is 9.08. The van der Waals surface area contributed by atoms with Crippen LogP contribution in [0.25, 0.3) is 0 Å². The highest BCUT2D eigenvalue weighted by Gasteiger charge is 2.36. The molecule has 0 aliphatic carbocycles. The minimum Gasteiger partial charge on any atom is -0.478 e. The molecule has 0 radical (unpaired) electrons. The molecular formula is C20H22N4O5S. The smallest absolute Gasteiger partial charge is 0.415 e. The molecule has 1 atom stereocenters. The Morgan fingerprint density at radius 2 is 1.97 bits per heavy atom. The van der Waals surface area contributed by atoms with Crippen molar-refractivity contribution in [3.63, 3.8) is 0 Å². The lowest BCUT2D eigenvalue weighted by atomic mass is 10.1. The zero-order chi connectivity index (χ0) is 21.8. The molecule has 1 aliphatic rings. The number of nitrogens with two attached hydrogens (primary N) is 1. The Kier molecular flexibility index (Phi) is 6.36. The minimum atomic E-state index is -1.18. The molecule has 1 aliphatic heterocycles. The number of anilines is 3. The predicted octanol–water partition coefficient (Wildman–Crippen LogP) is 3.03. The average Bonchev–Trinajstić information content (AvgIpc) is 3.11. The Balaban J connectivity index is 1.57. The first-order valence-corrected chi connectivity index (χ1v) is 10.3. The number of aliphatic carboxylic acids is 1. The number of amides is 3. The third-order valence-corrected chi connectivity index (χ3v) is 5.63. The third-order valence-electron chi connectivity index (χ3n) is 4.68. The second-order valence-electron chi connectivity index (χ2n) is 6.66. The number of hydrogen-bond donors (Lipinski definition) is 4. The number of carboxylic acids is 1. The Bertz CT molecular complexity index is 980. The van der Waals surface area contributed by atoms with Gasteiger partial charge in [-0.2, -0.15) is 0 Å². The molecule has 10 heteroatoms. The number of thioether (sulfide) groups is 1. The molecule has 0 aromatic heterocycles. The second-order valence-corrected chi connectivity index (χ2v) is 7.47. The van der Waals surface area contributed by atoms with Crippen molar-refractivity contribution in [3.05, 3.63) is 47.5 Å². The van der Waals surface area contributed by atoms with Gasteiger partial charge < -0.3 is 26.2 Å². The standard InChI is InChI=1S/C20H22N4O5S/c1-11-15(8-7-14(21)17(11)30-2)23-19(27)22-9-12-3-5-13(6-4-12)24-10-16(18(25)26)29-20(24)28/h3-8,16H,9-10,21H2,1-2H3,(H,25,26)(H2,22,23,27). The van der Waals surface area contributed by atoms with Gasteiger partial charge in [0, 0.05) is 28.5 Å². The highest BCUT2D eigenvalue weighted by Crippen LogP contribution is 2.31. The number of hydrogen-bond acceptors (Lipinski definition) is 6. The number of cyclic esters (lactones) is 1. The van der Waals surface area contributed by atoms with Crippen LogP contribution >= 0.6 is 11.8 Å². The molecule has 0 bridgehead atoms. The fraction of sp³-hybridized carbons (Fsp3) is 0.250. The lowest BCUT2D eigenvalue weighted by Gasteiger charge is -2.15. The van der Waals surface area contributed by atoms with Crippen molar-refractivity contribution in [1.82, 2.24) is 5.32 Å². The molecule has 2 aromatic rings. The van der Waals surface area contributed by atoms with E-state index in [1.807, 2.05) is 13.2 Å². The van der Waals surface area contributed by atoms with E-state index in [0.717, 1.165) is 16.0 Å². The van der Waals surface area contributed by atoms with Gasteiger partial charge in [0.25, 0.3) is 0 Å². The molecule has 158 valence electrons. The number of urea groups is 1. The van der Waals surface area contributed by atoms with Crippen molar-refractivity contribution >= 4 is 46.9 Å². The van der Waals surface area contributed by atoms with Crippen LogP contribution in [-0.4, -0.2) is 42.1 Å². The summed E-state index contributed by atoms with van der Waals surface area (Å²) in [5.74, 6) is -1.18. The number of carboxylic acid groups (broad SMARTS) is 1. The summed E-state index contributed by atoms with van der Waals surface area (Å²) < 4.78 is 4.80. The Morgan fingerprint density at radius 3 is 2.57 bits per heavy atom. The summed E-state index contributed by atoms with van der Waals surface area (Å²) in [6.45, 7) is 2.12. The maximum absolute atomic E-state index is 12.3. The number of nitrogens with zero attached hydrogens (tertiary/aromatic N) is 1. The minimum absolute atomic E-state index is 0.0485. The van der Waals surface area contributed by atoms with Crippen molar-refractivity contribution < 1.29 is 24.2 Å². The van der Waals surface area contributed by atoms with Gasteiger partial charge in [0.2, 0.25) is 6.10 Å². The van der Waals surface area contributed by atoms with E-state index in [0.29, 0.717) is 17.1 Å². The number of nitrogen functional groups attached to an aromatic ring is 1. The van der Waals surface area contributed by atoms with Gasteiger partial charge in [0.15, 0.2) is 0 Å². The first kappa shape index (κ1) is 21.3. The van der Waals surface area contributed by atoms with Crippen molar-refractivity contribution in [1.29, 1.82) is 0 Å². The molecule has 30 heavy (non-hydrogen) atoms. The van der Waals surface area contributed by atoms with E-state index >= 15 is 0 Å².